The predicted molar refractivity (Wildman–Crippen MR) is 27.5 cm³/mol. The van der Waals surface area contributed by atoms with Crippen LogP contribution in [0.15, 0.2) is 12.1 Å². The Kier molecular flexibility index (Phi) is 7.92. The van der Waals surface area contributed by atoms with Crippen molar-refractivity contribution < 1.29 is 47.6 Å². The van der Waals surface area contributed by atoms with E-state index >= 15 is 0 Å². The largest absolute Gasteiger partial charge is 1.00 e. The fourth-order valence-electron chi connectivity index (χ4n) is 0.351. The van der Waals surface area contributed by atoms with Crippen LogP contribution in [0.2, 0.25) is 0 Å². The molecule has 0 aliphatic heterocycles. The quantitative estimate of drug-likeness (QED) is 0.287. The van der Waals surface area contributed by atoms with E-state index in [1.165, 1.54) is 6.07 Å². The average molecular weight is 140 g/mol. The molecule has 0 aliphatic carbocycles. The maximum Gasteiger partial charge on any atom is 1.00 e. The summed E-state index contributed by atoms with van der Waals surface area (Å²) in [5, 5.41) is 12.6. The summed E-state index contributed by atoms with van der Waals surface area (Å²) < 4.78 is 0. The minimum Gasteiger partial charge on any atom is -0.559 e. The van der Waals surface area contributed by atoms with Crippen LogP contribution in [0.1, 0.15) is 9.67 Å². The van der Waals surface area contributed by atoms with E-state index in [0.29, 0.717) is 0 Å². The smallest absolute Gasteiger partial charge is 0.559 e. The summed E-state index contributed by atoms with van der Waals surface area (Å²) in [6.07, 6.45) is 0. The van der Waals surface area contributed by atoms with Crippen LogP contribution in [-0.4, -0.2) is 5.97 Å². The van der Waals surface area contributed by atoms with Crippen molar-refractivity contribution in [1.29, 1.82) is 0 Å². The molecule has 1 aromatic rings. The number of thiophene rings is 1. The number of hydrogen-bond donors (Lipinski definition) is 0. The fourth-order valence-corrected chi connectivity index (χ4v) is 0.833. The van der Waals surface area contributed by atoms with Gasteiger partial charge >= 0.3 is 37.7 Å². The summed E-state index contributed by atoms with van der Waals surface area (Å²) in [6.45, 7) is 0. The molecular formula is C5H2Li2O2S. The molecule has 0 aliphatic rings. The molecule has 0 bridgehead atoms. The van der Waals surface area contributed by atoms with Crippen LogP contribution in [0.3, 0.4) is 0 Å². The van der Waals surface area contributed by atoms with Gasteiger partial charge in [-0.2, -0.15) is 12.1 Å². The van der Waals surface area contributed by atoms with E-state index < -0.39 is 5.97 Å². The number of aromatic carboxylic acids is 1. The second-order valence-electron chi connectivity index (χ2n) is 1.20. The Morgan fingerprint density at radius 2 is 2.20 bits per heavy atom. The zero-order valence-corrected chi connectivity index (χ0v) is 6.70. The van der Waals surface area contributed by atoms with Crippen LogP contribution < -0.4 is 42.8 Å². The second kappa shape index (κ2) is 6.10. The summed E-state index contributed by atoms with van der Waals surface area (Å²) in [6, 6.07) is 3.01. The van der Waals surface area contributed by atoms with Crippen molar-refractivity contribution in [2.45, 2.75) is 0 Å². The number of rotatable bonds is 1. The van der Waals surface area contributed by atoms with Crippen molar-refractivity contribution >= 4 is 17.3 Å². The van der Waals surface area contributed by atoms with Crippen molar-refractivity contribution in [3.8, 4) is 0 Å². The molecule has 0 spiro atoms. The molecule has 0 aromatic carbocycles. The van der Waals surface area contributed by atoms with Gasteiger partial charge in [0.15, 0.2) is 0 Å². The van der Waals surface area contributed by atoms with Gasteiger partial charge in [-0.05, 0) is 0 Å². The minimum atomic E-state index is -1.13. The maximum absolute atomic E-state index is 9.94. The molecular weight excluding hydrogens is 138 g/mol. The Balaban J connectivity index is 0. The van der Waals surface area contributed by atoms with E-state index in [1.54, 1.807) is 6.07 Å². The van der Waals surface area contributed by atoms with Gasteiger partial charge in [-0.1, -0.05) is 0 Å². The summed E-state index contributed by atoms with van der Waals surface area (Å²) in [5.41, 5.74) is 0. The molecule has 2 nitrogen and oxygen atoms in total. The van der Waals surface area contributed by atoms with Crippen LogP contribution >= 0.6 is 11.3 Å². The first-order chi connectivity index (χ1) is 3.80. The Morgan fingerprint density at radius 1 is 1.60 bits per heavy atom. The maximum atomic E-state index is 9.94. The van der Waals surface area contributed by atoms with E-state index in [9.17, 15) is 9.90 Å². The van der Waals surface area contributed by atoms with Crippen LogP contribution in [0.5, 0.6) is 0 Å². The van der Waals surface area contributed by atoms with E-state index in [4.69, 9.17) is 0 Å². The van der Waals surface area contributed by atoms with Crippen molar-refractivity contribution in [2.75, 3.05) is 0 Å². The number of carboxylic acids is 1. The molecule has 0 amide bonds. The van der Waals surface area contributed by atoms with Crippen molar-refractivity contribution in [3.63, 3.8) is 0 Å². The molecule has 0 N–H and O–H groups in total. The first-order valence-electron chi connectivity index (χ1n) is 1.98. The first kappa shape index (κ1) is 13.0. The van der Waals surface area contributed by atoms with Crippen LogP contribution in [-0.2, 0) is 0 Å². The van der Waals surface area contributed by atoms with Gasteiger partial charge in [0.05, 0.1) is 0 Å². The van der Waals surface area contributed by atoms with Crippen molar-refractivity contribution in [3.05, 3.63) is 22.4 Å². The monoisotopic (exact) mass is 140 g/mol. The summed E-state index contributed by atoms with van der Waals surface area (Å²) in [7, 11) is 0. The van der Waals surface area contributed by atoms with Gasteiger partial charge in [0.25, 0.3) is 0 Å². The van der Waals surface area contributed by atoms with Crippen LogP contribution in [0, 0.1) is 5.38 Å². The average Bonchev–Trinajstić information content (AvgIpc) is 2.12. The Morgan fingerprint density at radius 3 is 2.40 bits per heavy atom. The molecule has 42 valence electrons. The SMILES string of the molecule is O=C([O-])c1cc[c-]s1.[Li+].[Li+]. The zero-order chi connectivity index (χ0) is 5.98. The molecule has 1 heterocycles. The molecule has 1 aromatic heterocycles. The molecule has 0 radical (unpaired) electrons. The number of hydrogen-bond acceptors (Lipinski definition) is 3. The van der Waals surface area contributed by atoms with Gasteiger partial charge in [0.2, 0.25) is 0 Å². The van der Waals surface area contributed by atoms with Gasteiger partial charge in [-0.3, -0.25) is 11.3 Å². The minimum absolute atomic E-state index is 0. The Hall–Kier alpha value is 0.365. The van der Waals surface area contributed by atoms with E-state index in [2.05, 4.69) is 5.38 Å². The van der Waals surface area contributed by atoms with Crippen LogP contribution in [0.4, 0.5) is 0 Å². The zero-order valence-electron chi connectivity index (χ0n) is 5.88. The summed E-state index contributed by atoms with van der Waals surface area (Å²) >= 11 is 1.04. The predicted octanol–water partition coefficient (Wildman–Crippen LogP) is -6.08. The van der Waals surface area contributed by atoms with Gasteiger partial charge in [-0.25, -0.2) is 0 Å². The van der Waals surface area contributed by atoms with Gasteiger partial charge in [0, 0.05) is 5.97 Å². The van der Waals surface area contributed by atoms with Gasteiger partial charge in [-0.15, -0.1) is 10.3 Å². The molecule has 0 fully saturated rings. The number of carboxylic acid groups (broad SMARTS) is 1. The Bertz CT molecular complexity index is 186. The van der Waals surface area contributed by atoms with Crippen molar-refractivity contribution in [1.82, 2.24) is 0 Å². The van der Waals surface area contributed by atoms with E-state index in [1.807, 2.05) is 0 Å². The van der Waals surface area contributed by atoms with E-state index in [-0.39, 0.29) is 42.6 Å². The fraction of sp³-hybridized carbons (Fsp3) is 0. The molecule has 10 heavy (non-hydrogen) atoms. The number of carbonyl (C=O) groups is 1. The topological polar surface area (TPSA) is 40.1 Å². The van der Waals surface area contributed by atoms with Crippen LogP contribution in [0.25, 0.3) is 0 Å². The third-order valence-electron chi connectivity index (χ3n) is 0.673. The molecule has 0 atom stereocenters. The molecule has 1 rings (SSSR count). The van der Waals surface area contributed by atoms with Gasteiger partial charge < -0.3 is 9.90 Å². The third-order valence-corrected chi connectivity index (χ3v) is 1.45. The normalized spacial score (nSPS) is 7.20. The Labute approximate surface area is 87.0 Å². The summed E-state index contributed by atoms with van der Waals surface area (Å²) in [4.78, 5) is 10.2. The van der Waals surface area contributed by atoms with E-state index in [0.717, 1.165) is 11.3 Å². The third kappa shape index (κ3) is 3.51. The standard InChI is InChI=1S/C5H3O2S.2Li/c6-5(7)4-2-1-3-8-4;;/h1-2H,(H,6,7);;/q-1;2*+1/p-1. The molecule has 0 unspecified atom stereocenters. The second-order valence-corrected chi connectivity index (χ2v) is 2.08. The first-order valence-corrected chi connectivity index (χ1v) is 2.79. The molecule has 5 heteroatoms. The van der Waals surface area contributed by atoms with Gasteiger partial charge in [0.1, 0.15) is 0 Å². The summed E-state index contributed by atoms with van der Waals surface area (Å²) in [5.74, 6) is -1.13. The molecule has 0 saturated carbocycles. The molecule has 0 saturated heterocycles. The number of carbonyl (C=O) groups excluding carboxylic acids is 1. The van der Waals surface area contributed by atoms with Crippen molar-refractivity contribution in [2.24, 2.45) is 0 Å².